The Morgan fingerprint density at radius 2 is 2.03 bits per heavy atom. The van der Waals surface area contributed by atoms with E-state index in [4.69, 9.17) is 0 Å². The maximum atomic E-state index is 13.0. The van der Waals surface area contributed by atoms with Gasteiger partial charge < -0.3 is 20.4 Å². The van der Waals surface area contributed by atoms with Gasteiger partial charge in [-0.3, -0.25) is 14.4 Å². The zero-order valence-electron chi connectivity index (χ0n) is 18.5. The van der Waals surface area contributed by atoms with Gasteiger partial charge in [-0.1, -0.05) is 18.9 Å². The number of nitriles is 1. The van der Waals surface area contributed by atoms with Gasteiger partial charge in [-0.25, -0.2) is 0 Å². The summed E-state index contributed by atoms with van der Waals surface area (Å²) in [7, 11) is 0. The Balaban J connectivity index is 1.45. The monoisotopic (exact) mass is 472 g/mol. The first-order valence-electron chi connectivity index (χ1n) is 11.4. The van der Waals surface area contributed by atoms with Crippen molar-refractivity contribution in [3.63, 3.8) is 0 Å². The number of ether oxygens (including phenoxy) is 1. The molecule has 2 heterocycles. The van der Waals surface area contributed by atoms with Crippen molar-refractivity contribution in [3.8, 4) is 11.8 Å². The minimum absolute atomic E-state index is 0.0390. The summed E-state index contributed by atoms with van der Waals surface area (Å²) in [5.74, 6) is -1.46. The number of alkyl halides is 2. The molecule has 3 unspecified atom stereocenters. The molecule has 34 heavy (non-hydrogen) atoms. The van der Waals surface area contributed by atoms with Crippen molar-refractivity contribution >= 4 is 28.5 Å². The number of amides is 2. The van der Waals surface area contributed by atoms with E-state index in [9.17, 15) is 28.4 Å². The molecule has 10 heteroatoms. The lowest BCUT2D eigenvalue weighted by Gasteiger charge is -2.19. The fourth-order valence-electron chi connectivity index (χ4n) is 4.44. The van der Waals surface area contributed by atoms with Gasteiger partial charge in [0.1, 0.15) is 11.8 Å². The molecule has 0 bridgehead atoms. The normalized spacial score (nSPS) is 19.5. The van der Waals surface area contributed by atoms with Crippen molar-refractivity contribution in [2.24, 2.45) is 17.8 Å². The quantitative estimate of drug-likeness (QED) is 0.433. The van der Waals surface area contributed by atoms with Crippen LogP contribution in [0.5, 0.6) is 5.75 Å². The highest BCUT2D eigenvalue weighted by atomic mass is 19.3. The minimum atomic E-state index is -2.99. The molecule has 3 N–H and O–H groups in total. The van der Waals surface area contributed by atoms with E-state index in [1.807, 2.05) is 0 Å². The molecule has 180 valence electrons. The Bertz CT molecular complexity index is 1120. The summed E-state index contributed by atoms with van der Waals surface area (Å²) in [6, 6.07) is 7.27. The first-order chi connectivity index (χ1) is 16.3. The number of halogens is 2. The molecule has 1 aliphatic heterocycles. The molecular weight excluding hydrogens is 446 g/mol. The highest BCUT2D eigenvalue weighted by molar-refractivity contribution is 6.02. The number of carbonyl (C=O) groups is 3. The molecule has 4 rings (SSSR count). The molecule has 1 saturated heterocycles. The molecule has 3 atom stereocenters. The molecular formula is C24H26F2N4O4. The molecule has 0 spiro atoms. The SMILES string of the molecule is N#CC(CC1CCNC1=O)NC(=O)C(CC(=O)c1cc2c(OC(F)F)cccc2[nH]1)CC1CC1. The molecule has 1 saturated carbocycles. The third kappa shape index (κ3) is 5.71. The standard InChI is InChI=1S/C24H26F2N4O4/c25-24(26)34-21-3-1-2-18-17(21)11-19(30-18)20(31)10-15(8-13-4-5-13)23(33)29-16(12-27)9-14-6-7-28-22(14)32/h1-3,11,13-16,24,30H,4-10H2,(H,28,32)(H,29,33). The van der Waals surface area contributed by atoms with Gasteiger partial charge in [0.25, 0.3) is 0 Å². The number of nitrogens with one attached hydrogen (secondary N) is 3. The number of carbonyl (C=O) groups excluding carboxylic acids is 3. The maximum Gasteiger partial charge on any atom is 0.387 e. The van der Waals surface area contributed by atoms with Crippen LogP contribution >= 0.6 is 0 Å². The van der Waals surface area contributed by atoms with Crippen LogP contribution in [0.15, 0.2) is 24.3 Å². The third-order valence-electron chi connectivity index (χ3n) is 6.41. The molecule has 2 amide bonds. The number of benzene rings is 1. The van der Waals surface area contributed by atoms with Crippen molar-refractivity contribution in [1.82, 2.24) is 15.6 Å². The molecule has 1 aliphatic carbocycles. The van der Waals surface area contributed by atoms with E-state index in [2.05, 4.69) is 26.4 Å². The fourth-order valence-corrected chi connectivity index (χ4v) is 4.44. The van der Waals surface area contributed by atoms with Gasteiger partial charge in [0.05, 0.1) is 11.8 Å². The first-order valence-corrected chi connectivity index (χ1v) is 11.4. The smallest absolute Gasteiger partial charge is 0.387 e. The lowest BCUT2D eigenvalue weighted by molar-refractivity contribution is -0.127. The van der Waals surface area contributed by atoms with Gasteiger partial charge in [-0.05, 0) is 43.4 Å². The van der Waals surface area contributed by atoms with Crippen LogP contribution in [0, 0.1) is 29.1 Å². The van der Waals surface area contributed by atoms with Crippen molar-refractivity contribution in [2.45, 2.75) is 51.2 Å². The zero-order chi connectivity index (χ0) is 24.2. The first kappa shape index (κ1) is 23.7. The molecule has 0 radical (unpaired) electrons. The summed E-state index contributed by atoms with van der Waals surface area (Å²) in [6.45, 7) is -2.43. The average Bonchev–Trinajstić information content (AvgIpc) is 3.35. The second kappa shape index (κ2) is 10.2. The van der Waals surface area contributed by atoms with Crippen molar-refractivity contribution in [3.05, 3.63) is 30.0 Å². The van der Waals surface area contributed by atoms with Crippen LogP contribution in [0.4, 0.5) is 8.78 Å². The molecule has 2 fully saturated rings. The number of rotatable bonds is 11. The summed E-state index contributed by atoms with van der Waals surface area (Å²) < 4.78 is 29.9. The van der Waals surface area contributed by atoms with Gasteiger partial charge in [0.15, 0.2) is 5.78 Å². The topological polar surface area (TPSA) is 124 Å². The number of ketones is 1. The number of H-pyrrole nitrogens is 1. The zero-order valence-corrected chi connectivity index (χ0v) is 18.5. The summed E-state index contributed by atoms with van der Waals surface area (Å²) in [6.07, 6.45) is 3.27. The van der Waals surface area contributed by atoms with E-state index in [0.29, 0.717) is 36.2 Å². The van der Waals surface area contributed by atoms with Gasteiger partial charge in [0.2, 0.25) is 11.8 Å². The number of aromatic nitrogens is 1. The lowest BCUT2D eigenvalue weighted by Crippen LogP contribution is -2.40. The predicted molar refractivity (Wildman–Crippen MR) is 118 cm³/mol. The number of hydrogen-bond acceptors (Lipinski definition) is 5. The molecule has 1 aromatic heterocycles. The van der Waals surface area contributed by atoms with E-state index in [0.717, 1.165) is 12.8 Å². The van der Waals surface area contributed by atoms with Crippen LogP contribution in [0.25, 0.3) is 10.9 Å². The lowest BCUT2D eigenvalue weighted by atomic mass is 9.93. The minimum Gasteiger partial charge on any atom is -0.434 e. The molecule has 2 aliphatic rings. The van der Waals surface area contributed by atoms with Crippen molar-refractivity contribution < 1.29 is 27.9 Å². The van der Waals surface area contributed by atoms with Gasteiger partial charge in [-0.15, -0.1) is 0 Å². The van der Waals surface area contributed by atoms with E-state index < -0.39 is 18.6 Å². The van der Waals surface area contributed by atoms with Gasteiger partial charge >= 0.3 is 6.61 Å². The highest BCUT2D eigenvalue weighted by Gasteiger charge is 2.34. The Morgan fingerprint density at radius 3 is 2.68 bits per heavy atom. The molecule has 8 nitrogen and oxygen atoms in total. The largest absolute Gasteiger partial charge is 0.434 e. The summed E-state index contributed by atoms with van der Waals surface area (Å²) >= 11 is 0. The van der Waals surface area contributed by atoms with Crippen LogP contribution in [-0.4, -0.2) is 41.8 Å². The van der Waals surface area contributed by atoms with Gasteiger partial charge in [-0.2, -0.15) is 14.0 Å². The van der Waals surface area contributed by atoms with Crippen LogP contribution in [0.2, 0.25) is 0 Å². The summed E-state index contributed by atoms with van der Waals surface area (Å²) in [4.78, 5) is 40.8. The fraction of sp³-hybridized carbons (Fsp3) is 0.500. The Labute approximate surface area is 195 Å². The number of Topliss-reactive ketones (excluding diaryl/α,β-unsaturated/α-hetero) is 1. The predicted octanol–water partition coefficient (Wildman–Crippen LogP) is 3.29. The number of nitrogens with zero attached hydrogens (tertiary/aromatic N) is 1. The van der Waals surface area contributed by atoms with Crippen LogP contribution in [-0.2, 0) is 9.59 Å². The van der Waals surface area contributed by atoms with Crippen molar-refractivity contribution in [2.75, 3.05) is 6.54 Å². The number of fused-ring (bicyclic) bond motifs is 1. The van der Waals surface area contributed by atoms with E-state index in [1.54, 1.807) is 12.1 Å². The van der Waals surface area contributed by atoms with E-state index in [-0.39, 0.29) is 47.8 Å². The summed E-state index contributed by atoms with van der Waals surface area (Å²) in [5, 5.41) is 15.3. The average molecular weight is 472 g/mol. The van der Waals surface area contributed by atoms with Gasteiger partial charge in [0, 0.05) is 35.7 Å². The molecule has 2 aromatic rings. The highest BCUT2D eigenvalue weighted by Crippen LogP contribution is 2.37. The Hall–Kier alpha value is -3.48. The second-order valence-electron chi connectivity index (χ2n) is 8.98. The summed E-state index contributed by atoms with van der Waals surface area (Å²) in [5.41, 5.74) is 0.678. The number of hydrogen-bond donors (Lipinski definition) is 3. The van der Waals surface area contributed by atoms with E-state index >= 15 is 0 Å². The van der Waals surface area contributed by atoms with Crippen LogP contribution in [0.3, 0.4) is 0 Å². The van der Waals surface area contributed by atoms with Crippen LogP contribution in [0.1, 0.15) is 49.0 Å². The number of aromatic amines is 1. The van der Waals surface area contributed by atoms with E-state index in [1.165, 1.54) is 12.1 Å². The Morgan fingerprint density at radius 1 is 1.24 bits per heavy atom. The van der Waals surface area contributed by atoms with Crippen molar-refractivity contribution in [1.29, 1.82) is 5.26 Å². The third-order valence-corrected chi connectivity index (χ3v) is 6.41. The van der Waals surface area contributed by atoms with Crippen LogP contribution < -0.4 is 15.4 Å². The second-order valence-corrected chi connectivity index (χ2v) is 8.98. The Kier molecular flexibility index (Phi) is 7.10. The maximum absolute atomic E-state index is 13.0. The molecule has 1 aromatic carbocycles.